The van der Waals surface area contributed by atoms with E-state index >= 15 is 0 Å². The highest BCUT2D eigenvalue weighted by Crippen LogP contribution is 2.15. The van der Waals surface area contributed by atoms with Crippen LogP contribution < -0.4 is 5.32 Å². The van der Waals surface area contributed by atoms with E-state index in [9.17, 15) is 0 Å². The fourth-order valence-corrected chi connectivity index (χ4v) is 2.15. The van der Waals surface area contributed by atoms with Crippen LogP contribution in [0.5, 0.6) is 0 Å². The van der Waals surface area contributed by atoms with Crippen molar-refractivity contribution in [2.24, 2.45) is 5.92 Å². The summed E-state index contributed by atoms with van der Waals surface area (Å²) in [4.78, 5) is 7.50. The summed E-state index contributed by atoms with van der Waals surface area (Å²) in [5, 5.41) is 4.76. The largest absolute Gasteiger partial charge is 0.346 e. The number of pyridine rings is 1. The van der Waals surface area contributed by atoms with Gasteiger partial charge in [0.2, 0.25) is 0 Å². The second-order valence-corrected chi connectivity index (χ2v) is 4.53. The molecule has 92 valence electrons. The Kier molecular flexibility index (Phi) is 4.15. The first-order chi connectivity index (χ1) is 8.35. The van der Waals surface area contributed by atoms with Crippen molar-refractivity contribution in [3.05, 3.63) is 30.1 Å². The highest BCUT2D eigenvalue weighted by atomic mass is 14.9. The first kappa shape index (κ1) is 12.1. The molecule has 3 nitrogen and oxygen atoms in total. The number of fused-ring (bicyclic) bond motifs is 1. The van der Waals surface area contributed by atoms with E-state index in [4.69, 9.17) is 0 Å². The number of nitrogens with one attached hydrogen (secondary N) is 2. The van der Waals surface area contributed by atoms with Gasteiger partial charge in [0.15, 0.2) is 0 Å². The average molecular weight is 231 g/mol. The molecular weight excluding hydrogens is 210 g/mol. The molecule has 3 heteroatoms. The van der Waals surface area contributed by atoms with Gasteiger partial charge >= 0.3 is 0 Å². The van der Waals surface area contributed by atoms with Gasteiger partial charge < -0.3 is 10.3 Å². The van der Waals surface area contributed by atoms with Crippen LogP contribution in [-0.4, -0.2) is 16.5 Å². The van der Waals surface area contributed by atoms with E-state index in [1.54, 1.807) is 0 Å². The topological polar surface area (TPSA) is 40.7 Å². The third-order valence-electron chi connectivity index (χ3n) is 3.44. The molecule has 0 spiro atoms. The molecular formula is C14H21N3. The highest BCUT2D eigenvalue weighted by molar-refractivity contribution is 5.79. The van der Waals surface area contributed by atoms with E-state index < -0.39 is 0 Å². The highest BCUT2D eigenvalue weighted by Gasteiger charge is 2.05. The molecule has 2 aromatic rings. The number of rotatable bonds is 6. The number of nitrogens with zero attached hydrogens (tertiary/aromatic N) is 1. The van der Waals surface area contributed by atoms with Gasteiger partial charge in [-0.05, 0) is 30.2 Å². The fraction of sp³-hybridized carbons (Fsp3) is 0.500. The van der Waals surface area contributed by atoms with Gasteiger partial charge in [-0.25, -0.2) is 4.98 Å². The lowest BCUT2D eigenvalue weighted by Crippen LogP contribution is -2.21. The van der Waals surface area contributed by atoms with E-state index in [-0.39, 0.29) is 0 Å². The molecule has 0 aliphatic carbocycles. The van der Waals surface area contributed by atoms with Gasteiger partial charge in [0, 0.05) is 24.3 Å². The molecule has 0 saturated heterocycles. The molecule has 0 unspecified atom stereocenters. The Labute approximate surface area is 103 Å². The molecule has 0 aromatic carbocycles. The summed E-state index contributed by atoms with van der Waals surface area (Å²) in [7, 11) is 0. The van der Waals surface area contributed by atoms with Gasteiger partial charge in [0.05, 0.1) is 0 Å². The molecule has 0 radical (unpaired) electrons. The van der Waals surface area contributed by atoms with Crippen molar-refractivity contribution in [3.8, 4) is 0 Å². The SMILES string of the molecule is CCC(CC)CNCc1c[nH]c2ncccc12. The standard InChI is InChI=1S/C14H21N3/c1-3-11(4-2)8-15-9-12-10-17-14-13(12)6-5-7-16-14/h5-7,10-11,15H,3-4,8-9H2,1-2H3,(H,16,17). The lowest BCUT2D eigenvalue weighted by Gasteiger charge is -2.12. The molecule has 0 fully saturated rings. The zero-order valence-corrected chi connectivity index (χ0v) is 10.7. The third-order valence-corrected chi connectivity index (χ3v) is 3.44. The summed E-state index contributed by atoms with van der Waals surface area (Å²) >= 11 is 0. The fourth-order valence-electron chi connectivity index (χ4n) is 2.15. The lowest BCUT2D eigenvalue weighted by atomic mass is 10.0. The van der Waals surface area contributed by atoms with E-state index in [0.29, 0.717) is 0 Å². The molecule has 2 aromatic heterocycles. The van der Waals surface area contributed by atoms with Crippen molar-refractivity contribution in [2.75, 3.05) is 6.54 Å². The predicted molar refractivity (Wildman–Crippen MR) is 71.9 cm³/mol. The minimum atomic E-state index is 0.790. The third kappa shape index (κ3) is 2.86. The monoisotopic (exact) mass is 231 g/mol. The van der Waals surface area contributed by atoms with Gasteiger partial charge in [-0.15, -0.1) is 0 Å². The number of hydrogen-bond donors (Lipinski definition) is 2. The van der Waals surface area contributed by atoms with Crippen LogP contribution in [0.25, 0.3) is 11.0 Å². The first-order valence-electron chi connectivity index (χ1n) is 6.46. The maximum absolute atomic E-state index is 4.29. The van der Waals surface area contributed by atoms with Gasteiger partial charge in [0.25, 0.3) is 0 Å². The van der Waals surface area contributed by atoms with Gasteiger partial charge in [-0.3, -0.25) is 0 Å². The molecule has 2 heterocycles. The smallest absolute Gasteiger partial charge is 0.137 e. The molecule has 0 bridgehead atoms. The van der Waals surface area contributed by atoms with Crippen LogP contribution in [0, 0.1) is 5.92 Å². The zero-order valence-electron chi connectivity index (χ0n) is 10.7. The first-order valence-corrected chi connectivity index (χ1v) is 6.46. The van der Waals surface area contributed by atoms with Crippen molar-refractivity contribution in [1.29, 1.82) is 0 Å². The predicted octanol–water partition coefficient (Wildman–Crippen LogP) is 3.09. The van der Waals surface area contributed by atoms with Crippen LogP contribution in [0.1, 0.15) is 32.3 Å². The zero-order chi connectivity index (χ0) is 12.1. The molecule has 17 heavy (non-hydrogen) atoms. The summed E-state index contributed by atoms with van der Waals surface area (Å²) in [6.45, 7) is 6.53. The number of hydrogen-bond acceptors (Lipinski definition) is 2. The molecule has 2 N–H and O–H groups in total. The Balaban J connectivity index is 1.95. The van der Waals surface area contributed by atoms with Crippen LogP contribution in [0.2, 0.25) is 0 Å². The summed E-state index contributed by atoms with van der Waals surface area (Å²) in [5.41, 5.74) is 2.28. The summed E-state index contributed by atoms with van der Waals surface area (Å²) < 4.78 is 0. The minimum Gasteiger partial charge on any atom is -0.346 e. The van der Waals surface area contributed by atoms with E-state index in [1.807, 2.05) is 12.3 Å². The maximum Gasteiger partial charge on any atom is 0.137 e. The molecule has 0 aliphatic heterocycles. The van der Waals surface area contributed by atoms with E-state index in [0.717, 1.165) is 24.7 Å². The van der Waals surface area contributed by atoms with Crippen LogP contribution in [-0.2, 0) is 6.54 Å². The van der Waals surface area contributed by atoms with Crippen molar-refractivity contribution in [2.45, 2.75) is 33.2 Å². The minimum absolute atomic E-state index is 0.790. The number of aromatic nitrogens is 2. The Morgan fingerprint density at radius 1 is 1.35 bits per heavy atom. The second kappa shape index (κ2) is 5.82. The number of H-pyrrole nitrogens is 1. The molecule has 2 rings (SSSR count). The van der Waals surface area contributed by atoms with Gasteiger partial charge in [-0.2, -0.15) is 0 Å². The second-order valence-electron chi connectivity index (χ2n) is 4.53. The van der Waals surface area contributed by atoms with Crippen LogP contribution in [0.15, 0.2) is 24.5 Å². The maximum atomic E-state index is 4.29. The van der Waals surface area contributed by atoms with Gasteiger partial charge in [0.1, 0.15) is 5.65 Å². The summed E-state index contributed by atoms with van der Waals surface area (Å²) in [6, 6.07) is 4.10. The lowest BCUT2D eigenvalue weighted by molar-refractivity contribution is 0.450. The average Bonchev–Trinajstić information content (AvgIpc) is 2.78. The normalized spacial score (nSPS) is 11.5. The Morgan fingerprint density at radius 3 is 2.94 bits per heavy atom. The Bertz CT molecular complexity index is 457. The van der Waals surface area contributed by atoms with Crippen molar-refractivity contribution < 1.29 is 0 Å². The van der Waals surface area contributed by atoms with Crippen LogP contribution in [0.4, 0.5) is 0 Å². The molecule has 0 atom stereocenters. The van der Waals surface area contributed by atoms with Crippen molar-refractivity contribution >= 4 is 11.0 Å². The Hall–Kier alpha value is -1.35. The summed E-state index contributed by atoms with van der Waals surface area (Å²) in [6.07, 6.45) is 6.37. The van der Waals surface area contributed by atoms with Gasteiger partial charge in [-0.1, -0.05) is 26.7 Å². The molecule has 0 saturated carbocycles. The van der Waals surface area contributed by atoms with E-state index in [2.05, 4.69) is 41.4 Å². The van der Waals surface area contributed by atoms with Crippen LogP contribution in [0.3, 0.4) is 0 Å². The molecule has 0 aliphatic rings. The van der Waals surface area contributed by atoms with Crippen LogP contribution >= 0.6 is 0 Å². The quantitative estimate of drug-likeness (QED) is 0.802. The Morgan fingerprint density at radius 2 is 2.18 bits per heavy atom. The number of aromatic amines is 1. The molecule has 0 amide bonds. The van der Waals surface area contributed by atoms with Crippen molar-refractivity contribution in [3.63, 3.8) is 0 Å². The van der Waals surface area contributed by atoms with Crippen molar-refractivity contribution in [1.82, 2.24) is 15.3 Å². The van der Waals surface area contributed by atoms with E-state index in [1.165, 1.54) is 23.8 Å². The summed E-state index contributed by atoms with van der Waals surface area (Å²) in [5.74, 6) is 0.790.